The van der Waals surface area contributed by atoms with Crippen LogP contribution in [0.15, 0.2) is 53.4 Å². The molecule has 1 saturated heterocycles. The van der Waals surface area contributed by atoms with Gasteiger partial charge in [0.1, 0.15) is 16.7 Å². The summed E-state index contributed by atoms with van der Waals surface area (Å²) in [6, 6.07) is 11.8. The van der Waals surface area contributed by atoms with E-state index in [2.05, 4.69) is 0 Å². The van der Waals surface area contributed by atoms with Crippen molar-refractivity contribution in [1.29, 1.82) is 0 Å². The number of esters is 2. The van der Waals surface area contributed by atoms with Crippen molar-refractivity contribution in [3.05, 3.63) is 59.7 Å². The molecule has 172 valence electrons. The minimum atomic E-state index is -4.00. The molecule has 9 heteroatoms. The van der Waals surface area contributed by atoms with Crippen molar-refractivity contribution in [2.24, 2.45) is 23.7 Å². The number of ether oxygens (including phenoxy) is 2. The van der Waals surface area contributed by atoms with Crippen LogP contribution in [0.3, 0.4) is 0 Å². The van der Waals surface area contributed by atoms with E-state index in [1.807, 2.05) is 6.92 Å². The summed E-state index contributed by atoms with van der Waals surface area (Å²) in [4.78, 5) is 37.1. The molecule has 0 N–H and O–H groups in total. The Morgan fingerprint density at radius 1 is 1.03 bits per heavy atom. The predicted molar refractivity (Wildman–Crippen MR) is 114 cm³/mol. The molecule has 0 radical (unpaired) electrons. The van der Waals surface area contributed by atoms with Gasteiger partial charge in [-0.2, -0.15) is 8.42 Å². The van der Waals surface area contributed by atoms with Gasteiger partial charge < -0.3 is 13.7 Å². The summed E-state index contributed by atoms with van der Waals surface area (Å²) in [7, 11) is -4.00. The van der Waals surface area contributed by atoms with Crippen LogP contribution in [0.5, 0.6) is 5.75 Å². The highest BCUT2D eigenvalue weighted by molar-refractivity contribution is 7.87. The zero-order valence-electron chi connectivity index (χ0n) is 17.8. The summed E-state index contributed by atoms with van der Waals surface area (Å²) < 4.78 is 40.5. The highest BCUT2D eigenvalue weighted by atomic mass is 32.2. The smallest absolute Gasteiger partial charge is 0.339 e. The largest absolute Gasteiger partial charge is 0.462 e. The van der Waals surface area contributed by atoms with Gasteiger partial charge in [-0.25, -0.2) is 0 Å². The number of aryl methyl sites for hydroxylation is 1. The van der Waals surface area contributed by atoms with E-state index in [-0.39, 0.29) is 40.1 Å². The van der Waals surface area contributed by atoms with Gasteiger partial charge >= 0.3 is 22.1 Å². The Kier molecular flexibility index (Phi) is 5.23. The minimum Gasteiger partial charge on any atom is -0.462 e. The maximum Gasteiger partial charge on any atom is 0.339 e. The van der Waals surface area contributed by atoms with Gasteiger partial charge in [-0.1, -0.05) is 17.7 Å². The van der Waals surface area contributed by atoms with Crippen LogP contribution >= 0.6 is 0 Å². The van der Waals surface area contributed by atoms with Crippen LogP contribution in [0.2, 0.25) is 0 Å². The van der Waals surface area contributed by atoms with Crippen LogP contribution in [-0.2, 0) is 29.2 Å². The molecule has 3 fully saturated rings. The summed E-state index contributed by atoms with van der Waals surface area (Å²) in [5.41, 5.74) is 1.17. The first-order valence-corrected chi connectivity index (χ1v) is 12.2. The van der Waals surface area contributed by atoms with Crippen molar-refractivity contribution < 1.29 is 36.5 Å². The molecule has 2 aromatic carbocycles. The van der Waals surface area contributed by atoms with Gasteiger partial charge in [-0.15, -0.1) is 0 Å². The molecular formula is C24H22O8S. The first-order valence-electron chi connectivity index (χ1n) is 10.7. The Labute approximate surface area is 191 Å². The zero-order chi connectivity index (χ0) is 23.3. The van der Waals surface area contributed by atoms with Gasteiger partial charge in [-0.05, 0) is 62.1 Å². The molecule has 3 aliphatic rings. The molecule has 2 aromatic rings. The lowest BCUT2D eigenvalue weighted by Crippen LogP contribution is -2.34. The summed E-state index contributed by atoms with van der Waals surface area (Å²) in [6.45, 7) is 1.39. The van der Waals surface area contributed by atoms with E-state index in [4.69, 9.17) is 13.7 Å². The Bertz CT molecular complexity index is 1210. The Hall–Kier alpha value is -3.20. The van der Waals surface area contributed by atoms with E-state index < -0.39 is 40.3 Å². The number of carbonyl (C=O) groups excluding carboxylic acids is 3. The summed E-state index contributed by atoms with van der Waals surface area (Å²) in [5.74, 6) is -2.12. The third-order valence-corrected chi connectivity index (χ3v) is 8.05. The Morgan fingerprint density at radius 3 is 2.42 bits per heavy atom. The lowest BCUT2D eigenvalue weighted by atomic mass is 9.80. The third kappa shape index (κ3) is 3.90. The summed E-state index contributed by atoms with van der Waals surface area (Å²) in [5, 5.41) is 0. The van der Waals surface area contributed by atoms with Crippen molar-refractivity contribution >= 4 is 27.8 Å². The van der Waals surface area contributed by atoms with Gasteiger partial charge in [0.05, 0.1) is 11.8 Å². The number of Topliss-reactive ketones (excluding diaryl/α,β-unsaturated/α-hetero) is 1. The second-order valence-corrected chi connectivity index (χ2v) is 10.4. The molecule has 8 nitrogen and oxygen atoms in total. The molecular weight excluding hydrogens is 448 g/mol. The highest BCUT2D eigenvalue weighted by Gasteiger charge is 2.64. The standard InChI is InChI=1S/C24H22O8S/c1-13-2-8-17(9-3-13)33(28,29)32-16-6-4-14(5-7-16)19(25)12-30-23(26)21-15-10-18-20(11-15)31-24(27)22(18)21/h2-9,15,18,20-22H,10-12H2,1H3/t15-,18+,20+,21-,22+/m1/s1. The van der Waals surface area contributed by atoms with Crippen LogP contribution in [0, 0.1) is 30.6 Å². The fourth-order valence-corrected chi connectivity index (χ4v) is 6.15. The minimum absolute atomic E-state index is 0.0262. The van der Waals surface area contributed by atoms with Gasteiger partial charge in [0.15, 0.2) is 12.4 Å². The fourth-order valence-electron chi connectivity index (χ4n) is 5.22. The van der Waals surface area contributed by atoms with Gasteiger partial charge in [-0.3, -0.25) is 14.4 Å². The number of hydrogen-bond donors (Lipinski definition) is 0. The van der Waals surface area contributed by atoms with Crippen molar-refractivity contribution in [2.75, 3.05) is 6.61 Å². The van der Waals surface area contributed by atoms with Crippen LogP contribution in [0.1, 0.15) is 28.8 Å². The van der Waals surface area contributed by atoms with E-state index in [1.54, 1.807) is 12.1 Å². The van der Waals surface area contributed by atoms with Crippen LogP contribution in [0.4, 0.5) is 0 Å². The van der Waals surface area contributed by atoms with Crippen molar-refractivity contribution in [3.63, 3.8) is 0 Å². The molecule has 0 aromatic heterocycles. The monoisotopic (exact) mass is 470 g/mol. The number of ketones is 1. The molecule has 2 aliphatic carbocycles. The molecule has 1 aliphatic heterocycles. The van der Waals surface area contributed by atoms with Crippen LogP contribution < -0.4 is 4.18 Å². The van der Waals surface area contributed by atoms with Crippen LogP contribution in [-0.4, -0.2) is 38.9 Å². The lowest BCUT2D eigenvalue weighted by Gasteiger charge is -2.22. The number of carbonyl (C=O) groups is 3. The zero-order valence-corrected chi connectivity index (χ0v) is 18.6. The Morgan fingerprint density at radius 2 is 1.73 bits per heavy atom. The van der Waals surface area contributed by atoms with Crippen molar-refractivity contribution in [1.82, 2.24) is 0 Å². The molecule has 0 spiro atoms. The second-order valence-electron chi connectivity index (χ2n) is 8.83. The molecule has 1 heterocycles. The SMILES string of the molecule is Cc1ccc(S(=O)(=O)Oc2ccc(C(=O)COC(=O)[C@@H]3[C@@H]4C[C@@H]5[C@@H]3C(=O)O[C@H]5C4)cc2)cc1. The molecule has 0 amide bonds. The normalized spacial score (nSPS) is 27.3. The molecule has 5 atom stereocenters. The third-order valence-electron chi connectivity index (χ3n) is 6.79. The number of benzene rings is 2. The van der Waals surface area contributed by atoms with Crippen LogP contribution in [0.25, 0.3) is 0 Å². The van der Waals surface area contributed by atoms with E-state index in [9.17, 15) is 22.8 Å². The first-order chi connectivity index (χ1) is 15.7. The van der Waals surface area contributed by atoms with Gasteiger partial charge in [0.2, 0.25) is 0 Å². The maximum absolute atomic E-state index is 12.6. The van der Waals surface area contributed by atoms with Crippen molar-refractivity contribution in [2.45, 2.75) is 30.8 Å². The molecule has 5 rings (SSSR count). The predicted octanol–water partition coefficient (Wildman–Crippen LogP) is 2.69. The quantitative estimate of drug-likeness (QED) is 0.345. The Balaban J connectivity index is 1.18. The molecule has 2 saturated carbocycles. The lowest BCUT2D eigenvalue weighted by molar-refractivity contribution is -0.154. The van der Waals surface area contributed by atoms with Gasteiger partial charge in [0.25, 0.3) is 0 Å². The first kappa shape index (κ1) is 21.6. The number of fused-ring (bicyclic) bond motifs is 1. The molecule has 2 bridgehead atoms. The summed E-state index contributed by atoms with van der Waals surface area (Å²) >= 11 is 0. The van der Waals surface area contributed by atoms with Crippen molar-refractivity contribution in [3.8, 4) is 5.75 Å². The van der Waals surface area contributed by atoms with Gasteiger partial charge in [0, 0.05) is 11.5 Å². The van der Waals surface area contributed by atoms with E-state index >= 15 is 0 Å². The topological polar surface area (TPSA) is 113 Å². The second kappa shape index (κ2) is 7.98. The van der Waals surface area contributed by atoms with E-state index in [0.29, 0.717) is 6.42 Å². The number of rotatable bonds is 7. The average Bonchev–Trinajstić information content (AvgIpc) is 3.41. The number of hydrogen-bond acceptors (Lipinski definition) is 8. The maximum atomic E-state index is 12.6. The highest BCUT2D eigenvalue weighted by Crippen LogP contribution is 2.57. The summed E-state index contributed by atoms with van der Waals surface area (Å²) in [6.07, 6.45) is 1.38. The average molecular weight is 470 g/mol. The fraction of sp³-hybridized carbons (Fsp3) is 0.375. The molecule has 33 heavy (non-hydrogen) atoms. The van der Waals surface area contributed by atoms with E-state index in [1.165, 1.54) is 36.4 Å². The van der Waals surface area contributed by atoms with E-state index in [0.717, 1.165) is 12.0 Å². The molecule has 0 unspecified atom stereocenters.